The van der Waals surface area contributed by atoms with E-state index < -0.39 is 19.1 Å². The molecule has 0 saturated heterocycles. The molecule has 19 heavy (non-hydrogen) atoms. The molecule has 0 aliphatic rings. The van der Waals surface area contributed by atoms with E-state index in [1.165, 1.54) is 18.2 Å². The maximum Gasteiger partial charge on any atom is 0.261 e. The average Bonchev–Trinajstić information content (AvgIpc) is 2.34. The van der Waals surface area contributed by atoms with Gasteiger partial charge in [-0.3, -0.25) is 0 Å². The maximum atomic E-state index is 11.9. The third-order valence-corrected chi connectivity index (χ3v) is 4.93. The normalized spacial score (nSPS) is 11.7. The summed E-state index contributed by atoms with van der Waals surface area (Å²) in [6.45, 7) is 1.81. The van der Waals surface area contributed by atoms with Gasteiger partial charge in [0.25, 0.3) is 9.05 Å². The summed E-state index contributed by atoms with van der Waals surface area (Å²) < 4.78 is 48.4. The lowest BCUT2D eigenvalue weighted by molar-refractivity contribution is 0.582. The van der Waals surface area contributed by atoms with Crippen LogP contribution in [0.3, 0.4) is 0 Å². The molecule has 104 valence electrons. The highest BCUT2D eigenvalue weighted by Crippen LogP contribution is 2.18. The molecule has 1 rings (SSSR count). The predicted molar refractivity (Wildman–Crippen MR) is 72.7 cm³/mol. The summed E-state index contributed by atoms with van der Waals surface area (Å²) in [5.74, 6) is 5.36. The van der Waals surface area contributed by atoms with E-state index in [0.717, 1.165) is 6.07 Å². The summed E-state index contributed by atoms with van der Waals surface area (Å²) in [4.78, 5) is -0.413. The van der Waals surface area contributed by atoms with Crippen molar-refractivity contribution in [2.75, 3.05) is 6.54 Å². The van der Waals surface area contributed by atoms with Crippen molar-refractivity contribution in [2.24, 2.45) is 0 Å². The van der Waals surface area contributed by atoms with Gasteiger partial charge in [0.05, 0.1) is 9.79 Å². The Bertz CT molecular complexity index is 715. The lowest BCUT2D eigenvalue weighted by Gasteiger charge is -2.06. The van der Waals surface area contributed by atoms with Gasteiger partial charge in [-0.1, -0.05) is 6.07 Å². The molecule has 1 N–H and O–H groups in total. The Morgan fingerprint density at radius 2 is 1.84 bits per heavy atom. The summed E-state index contributed by atoms with van der Waals surface area (Å²) >= 11 is 0. The largest absolute Gasteiger partial charge is 0.261 e. The van der Waals surface area contributed by atoms with Gasteiger partial charge in [-0.15, -0.1) is 11.8 Å². The van der Waals surface area contributed by atoms with Gasteiger partial charge in [0.1, 0.15) is 0 Å². The number of nitrogens with one attached hydrogen (secondary N) is 1. The first-order valence-electron chi connectivity index (χ1n) is 5.21. The number of benzene rings is 1. The first-order chi connectivity index (χ1) is 8.77. The molecule has 0 aliphatic carbocycles. The highest BCUT2D eigenvalue weighted by Gasteiger charge is 2.17. The molecule has 0 fully saturated rings. The summed E-state index contributed by atoms with van der Waals surface area (Å²) in [7, 11) is -2.56. The molecule has 0 amide bonds. The molecule has 0 atom stereocenters. The highest BCUT2D eigenvalue weighted by molar-refractivity contribution is 8.13. The van der Waals surface area contributed by atoms with Gasteiger partial charge in [0, 0.05) is 23.6 Å². The minimum atomic E-state index is -3.96. The Hall–Kier alpha value is -1.07. The molecule has 1 aromatic carbocycles. The summed E-state index contributed by atoms with van der Waals surface area (Å²) in [5.41, 5.74) is 0. The van der Waals surface area contributed by atoms with Gasteiger partial charge in [-0.2, -0.15) is 0 Å². The minimum absolute atomic E-state index is 0.154. The van der Waals surface area contributed by atoms with Crippen molar-refractivity contribution < 1.29 is 16.8 Å². The van der Waals surface area contributed by atoms with Crippen LogP contribution in [0.25, 0.3) is 0 Å². The molecule has 0 aromatic heterocycles. The fourth-order valence-electron chi connectivity index (χ4n) is 1.25. The van der Waals surface area contributed by atoms with Crippen molar-refractivity contribution in [3.63, 3.8) is 0 Å². The molecule has 1 aromatic rings. The van der Waals surface area contributed by atoms with Gasteiger partial charge in [0.2, 0.25) is 10.0 Å². The smallest absolute Gasteiger partial charge is 0.210 e. The van der Waals surface area contributed by atoms with E-state index in [-0.39, 0.29) is 16.3 Å². The third kappa shape index (κ3) is 4.84. The zero-order chi connectivity index (χ0) is 14.5. The molecule has 8 heteroatoms. The third-order valence-electron chi connectivity index (χ3n) is 2.12. The van der Waals surface area contributed by atoms with Crippen molar-refractivity contribution in [2.45, 2.75) is 23.1 Å². The number of rotatable bonds is 5. The van der Waals surface area contributed by atoms with E-state index in [9.17, 15) is 16.8 Å². The summed E-state index contributed by atoms with van der Waals surface area (Å²) in [6, 6.07) is 4.84. The van der Waals surface area contributed by atoms with E-state index >= 15 is 0 Å². The van der Waals surface area contributed by atoms with Crippen molar-refractivity contribution in [3.8, 4) is 11.8 Å². The van der Waals surface area contributed by atoms with E-state index in [1.807, 2.05) is 0 Å². The molecule has 0 unspecified atom stereocenters. The van der Waals surface area contributed by atoms with Crippen molar-refractivity contribution in [3.05, 3.63) is 24.3 Å². The second-order valence-electron chi connectivity index (χ2n) is 3.49. The lowest BCUT2D eigenvalue weighted by Crippen LogP contribution is -2.24. The van der Waals surface area contributed by atoms with E-state index in [2.05, 4.69) is 16.6 Å². The summed E-state index contributed by atoms with van der Waals surface area (Å²) in [6.07, 6.45) is 0.378. The Kier molecular flexibility index (Phi) is 5.38. The molecular formula is C11H12ClNO4S2. The first kappa shape index (κ1) is 16.0. The standard InChI is InChI=1S/C11H12ClNO4S2/c1-2-3-4-8-13-19(16,17)11-7-5-6-10(9-11)18(12,14)15/h5-7,9,13H,4,8H2,1H3. The fourth-order valence-corrected chi connectivity index (χ4v) is 3.20. The molecular weight excluding hydrogens is 310 g/mol. The quantitative estimate of drug-likeness (QED) is 0.503. The Balaban J connectivity index is 2.98. The van der Waals surface area contributed by atoms with Gasteiger partial charge >= 0.3 is 0 Å². The van der Waals surface area contributed by atoms with Crippen LogP contribution in [0.5, 0.6) is 0 Å². The van der Waals surface area contributed by atoms with Crippen LogP contribution in [0.2, 0.25) is 0 Å². The van der Waals surface area contributed by atoms with Crippen LogP contribution in [0, 0.1) is 11.8 Å². The number of hydrogen-bond acceptors (Lipinski definition) is 4. The van der Waals surface area contributed by atoms with Crippen LogP contribution in [-0.2, 0) is 19.1 Å². The predicted octanol–water partition coefficient (Wildman–Crippen LogP) is 1.31. The van der Waals surface area contributed by atoms with Crippen LogP contribution in [0.4, 0.5) is 0 Å². The van der Waals surface area contributed by atoms with Crippen molar-refractivity contribution in [1.29, 1.82) is 0 Å². The van der Waals surface area contributed by atoms with E-state index in [4.69, 9.17) is 10.7 Å². The van der Waals surface area contributed by atoms with E-state index in [1.54, 1.807) is 6.92 Å². The van der Waals surface area contributed by atoms with Gasteiger partial charge in [-0.05, 0) is 25.1 Å². The second-order valence-corrected chi connectivity index (χ2v) is 7.82. The van der Waals surface area contributed by atoms with Crippen molar-refractivity contribution >= 4 is 29.8 Å². The lowest BCUT2D eigenvalue weighted by atomic mass is 10.4. The zero-order valence-corrected chi connectivity index (χ0v) is 12.4. The second kappa shape index (κ2) is 6.39. The molecule has 0 heterocycles. The zero-order valence-electron chi connectivity index (χ0n) is 10.1. The topological polar surface area (TPSA) is 80.3 Å². The number of halogens is 1. The van der Waals surface area contributed by atoms with Crippen LogP contribution in [-0.4, -0.2) is 23.4 Å². The Morgan fingerprint density at radius 1 is 1.21 bits per heavy atom. The fraction of sp³-hybridized carbons (Fsp3) is 0.273. The van der Waals surface area contributed by atoms with Crippen LogP contribution < -0.4 is 4.72 Å². The molecule has 5 nitrogen and oxygen atoms in total. The van der Waals surface area contributed by atoms with Crippen LogP contribution in [0.15, 0.2) is 34.1 Å². The Labute approximate surface area is 117 Å². The van der Waals surface area contributed by atoms with Gasteiger partial charge in [0.15, 0.2) is 0 Å². The molecule has 0 aliphatic heterocycles. The minimum Gasteiger partial charge on any atom is -0.210 e. The highest BCUT2D eigenvalue weighted by atomic mass is 35.7. The summed E-state index contributed by atoms with van der Waals surface area (Å²) in [5, 5.41) is 0. The average molecular weight is 322 g/mol. The van der Waals surface area contributed by atoms with Crippen molar-refractivity contribution in [1.82, 2.24) is 4.72 Å². The monoisotopic (exact) mass is 321 g/mol. The molecule has 0 spiro atoms. The number of hydrogen-bond donors (Lipinski definition) is 1. The number of sulfonamides is 1. The Morgan fingerprint density at radius 3 is 2.42 bits per heavy atom. The molecule has 0 radical (unpaired) electrons. The molecule has 0 bridgehead atoms. The van der Waals surface area contributed by atoms with Gasteiger partial charge in [-0.25, -0.2) is 21.6 Å². The van der Waals surface area contributed by atoms with E-state index in [0.29, 0.717) is 6.42 Å². The SMILES string of the molecule is CC#CCCNS(=O)(=O)c1cccc(S(=O)(=O)Cl)c1. The first-order valence-corrected chi connectivity index (χ1v) is 9.00. The molecule has 0 saturated carbocycles. The van der Waals surface area contributed by atoms with Crippen LogP contribution in [0.1, 0.15) is 13.3 Å². The van der Waals surface area contributed by atoms with Gasteiger partial charge < -0.3 is 0 Å². The van der Waals surface area contributed by atoms with Crippen LogP contribution >= 0.6 is 10.7 Å². The maximum absolute atomic E-state index is 11.9.